The Morgan fingerprint density at radius 1 is 0.930 bits per heavy atom. The Balaban J connectivity index is 1.27. The minimum Gasteiger partial charge on any atom is -0.444 e. The first-order valence-corrected chi connectivity index (χ1v) is 14.1. The zero-order valence-electron chi connectivity index (χ0n) is 22.4. The fourth-order valence-electron chi connectivity index (χ4n) is 5.71. The van der Waals surface area contributed by atoms with Gasteiger partial charge in [0.2, 0.25) is 0 Å². The lowest BCUT2D eigenvalue weighted by atomic mass is 9.83. The van der Waals surface area contributed by atoms with Crippen molar-refractivity contribution < 1.29 is 31.9 Å². The Hall–Kier alpha value is -4.52. The van der Waals surface area contributed by atoms with E-state index in [1.54, 1.807) is 36.4 Å². The normalized spacial score (nSPS) is 17.6. The third kappa shape index (κ3) is 6.31. The number of furan rings is 1. The monoisotopic (exact) mass is 656 g/mol. The maximum Gasteiger partial charge on any atom is 0.573 e. The maximum atomic E-state index is 13.1. The number of ether oxygens (including phenoxy) is 1. The first-order valence-electron chi connectivity index (χ1n) is 13.3. The number of nitrogens with zero attached hydrogens (tertiary/aromatic N) is 2. The molecule has 0 spiro atoms. The largest absolute Gasteiger partial charge is 0.573 e. The highest BCUT2D eigenvalue weighted by molar-refractivity contribution is 9.10. The second-order valence-electron chi connectivity index (χ2n) is 10.4. The van der Waals surface area contributed by atoms with Crippen LogP contribution < -0.4 is 25.8 Å². The van der Waals surface area contributed by atoms with Crippen LogP contribution in [0.5, 0.6) is 5.75 Å². The summed E-state index contributed by atoms with van der Waals surface area (Å²) in [5, 5.41) is 5.52. The smallest absolute Gasteiger partial charge is 0.444 e. The first kappa shape index (κ1) is 28.6. The number of piperidine rings is 1. The molecule has 0 aliphatic carbocycles. The van der Waals surface area contributed by atoms with E-state index in [0.717, 1.165) is 24.2 Å². The lowest BCUT2D eigenvalue weighted by molar-refractivity contribution is -0.274. The number of fused-ring (bicyclic) bond motifs is 4. The van der Waals surface area contributed by atoms with Crippen LogP contribution in [0.4, 0.5) is 30.2 Å². The number of benzene rings is 2. The average Bonchev–Trinajstić information content (AvgIpc) is 3.40. The van der Waals surface area contributed by atoms with Crippen molar-refractivity contribution >= 4 is 44.8 Å². The number of nitrogens with one attached hydrogen (secondary N) is 2. The van der Waals surface area contributed by atoms with Crippen LogP contribution in [0.25, 0.3) is 0 Å². The van der Waals surface area contributed by atoms with E-state index < -0.39 is 23.9 Å². The van der Waals surface area contributed by atoms with Crippen molar-refractivity contribution in [2.45, 2.75) is 25.2 Å². The molecule has 2 aliphatic heterocycles. The predicted molar refractivity (Wildman–Crippen MR) is 156 cm³/mol. The lowest BCUT2D eigenvalue weighted by Crippen LogP contribution is -2.47. The van der Waals surface area contributed by atoms with E-state index in [9.17, 15) is 27.6 Å². The molecule has 2 aromatic heterocycles. The van der Waals surface area contributed by atoms with Gasteiger partial charge in [0, 0.05) is 48.6 Å². The van der Waals surface area contributed by atoms with E-state index in [1.165, 1.54) is 18.2 Å². The number of carbonyl (C=O) groups excluding carboxylic acids is 2. The zero-order chi connectivity index (χ0) is 30.3. The molecule has 222 valence electrons. The molecule has 0 radical (unpaired) electrons. The quantitative estimate of drug-likeness (QED) is 0.255. The van der Waals surface area contributed by atoms with Gasteiger partial charge in [-0.25, -0.2) is 0 Å². The molecule has 43 heavy (non-hydrogen) atoms. The molecule has 1 fully saturated rings. The number of rotatable bonds is 6. The number of carbonyl (C=O) groups is 2. The number of alkyl halides is 3. The predicted octanol–water partition coefficient (Wildman–Crippen LogP) is 6.23. The van der Waals surface area contributed by atoms with Gasteiger partial charge in [0.15, 0.2) is 10.4 Å². The molecule has 2 atom stereocenters. The zero-order valence-corrected chi connectivity index (χ0v) is 23.9. The van der Waals surface area contributed by atoms with E-state index in [2.05, 4.69) is 36.2 Å². The number of hydrogen-bond donors (Lipinski definition) is 2. The van der Waals surface area contributed by atoms with Crippen molar-refractivity contribution in [3.63, 3.8) is 0 Å². The minimum absolute atomic E-state index is 0.0175. The molecule has 2 amide bonds. The Bertz CT molecular complexity index is 1750. The van der Waals surface area contributed by atoms with Gasteiger partial charge in [0.05, 0.1) is 11.4 Å². The molecule has 13 heteroatoms. The maximum absolute atomic E-state index is 13.1. The number of amides is 2. The van der Waals surface area contributed by atoms with Gasteiger partial charge in [-0.1, -0.05) is 6.07 Å². The summed E-state index contributed by atoms with van der Waals surface area (Å²) in [6.45, 7) is 1.84. The lowest BCUT2D eigenvalue weighted by Gasteiger charge is -2.44. The van der Waals surface area contributed by atoms with Crippen LogP contribution in [0.15, 0.2) is 86.7 Å². The van der Waals surface area contributed by atoms with Crippen LogP contribution in [0.1, 0.15) is 38.9 Å². The van der Waals surface area contributed by atoms with Crippen molar-refractivity contribution in [1.29, 1.82) is 0 Å². The summed E-state index contributed by atoms with van der Waals surface area (Å²) in [6.07, 6.45) is -3.89. The van der Waals surface area contributed by atoms with Gasteiger partial charge in [-0.2, -0.15) is 0 Å². The summed E-state index contributed by atoms with van der Waals surface area (Å²) < 4.78 is 48.9. The fourth-order valence-corrected chi connectivity index (χ4v) is 6.02. The van der Waals surface area contributed by atoms with E-state index in [1.807, 2.05) is 10.6 Å². The second-order valence-corrected chi connectivity index (χ2v) is 11.2. The van der Waals surface area contributed by atoms with Crippen LogP contribution >= 0.6 is 15.9 Å². The van der Waals surface area contributed by atoms with Crippen molar-refractivity contribution in [3.05, 3.63) is 105 Å². The second kappa shape index (κ2) is 11.3. The molecule has 2 aliphatic rings. The Kier molecular flexibility index (Phi) is 7.50. The molecule has 2 N–H and O–H groups in total. The van der Waals surface area contributed by atoms with Crippen molar-refractivity contribution in [2.75, 3.05) is 28.6 Å². The SMILES string of the molecule is O=C(Nc1ccc(OC(F)(F)F)cc1)c1ccc(N2CC3CC(C2)c2cccc(=O)n2C3)c(NC(=O)c2ccc(Br)o2)c1. The van der Waals surface area contributed by atoms with Gasteiger partial charge < -0.3 is 29.3 Å². The van der Waals surface area contributed by atoms with Gasteiger partial charge in [-0.3, -0.25) is 14.4 Å². The average molecular weight is 657 g/mol. The third-order valence-corrected chi connectivity index (χ3v) is 7.90. The highest BCUT2D eigenvalue weighted by Gasteiger charge is 2.35. The molecule has 4 aromatic rings. The third-order valence-electron chi connectivity index (χ3n) is 7.47. The summed E-state index contributed by atoms with van der Waals surface area (Å²) in [4.78, 5) is 40.8. The number of anilines is 3. The molecule has 6 rings (SSSR count). The molecule has 2 unspecified atom stereocenters. The molecule has 2 bridgehead atoms. The summed E-state index contributed by atoms with van der Waals surface area (Å²) in [6, 6.07) is 18.1. The van der Waals surface area contributed by atoms with Gasteiger partial charge >= 0.3 is 6.36 Å². The first-order chi connectivity index (χ1) is 20.5. The number of halogens is 4. The Morgan fingerprint density at radius 2 is 1.72 bits per heavy atom. The molecule has 4 heterocycles. The van der Waals surface area contributed by atoms with Crippen LogP contribution in [-0.4, -0.2) is 35.8 Å². The molecule has 2 aromatic carbocycles. The Morgan fingerprint density at radius 3 is 2.44 bits per heavy atom. The molecule has 0 saturated carbocycles. The summed E-state index contributed by atoms with van der Waals surface area (Å²) in [5.74, 6) is -1.07. The molecular weight excluding hydrogens is 633 g/mol. The van der Waals surface area contributed by atoms with E-state index in [4.69, 9.17) is 4.42 Å². The van der Waals surface area contributed by atoms with Gasteiger partial charge in [-0.05, 0) is 88.9 Å². The number of pyridine rings is 1. The van der Waals surface area contributed by atoms with Gasteiger partial charge in [0.1, 0.15) is 5.75 Å². The van der Waals surface area contributed by atoms with Crippen molar-refractivity contribution in [2.24, 2.45) is 5.92 Å². The van der Waals surface area contributed by atoms with Gasteiger partial charge in [0.25, 0.3) is 17.4 Å². The van der Waals surface area contributed by atoms with Crippen LogP contribution in [0, 0.1) is 5.92 Å². The van der Waals surface area contributed by atoms with Crippen LogP contribution in [0.3, 0.4) is 0 Å². The fraction of sp³-hybridized carbons (Fsp3) is 0.233. The Labute approximate surface area is 251 Å². The standard InChI is InChI=1S/C30H24BrF3N4O5/c31-26-11-10-25(42-26)29(41)36-22-13-18(28(40)35-20-5-7-21(8-6-20)43-30(32,33)34)4-9-24(22)37-14-17-12-19(16-37)23-2-1-3-27(39)38(23)15-17/h1-11,13,17,19H,12,14-16H2,(H,35,40)(H,36,41). The molecule has 1 saturated heterocycles. The minimum atomic E-state index is -4.83. The summed E-state index contributed by atoms with van der Waals surface area (Å²) in [5.41, 5.74) is 2.50. The van der Waals surface area contributed by atoms with Crippen molar-refractivity contribution in [3.8, 4) is 5.75 Å². The van der Waals surface area contributed by atoms with Crippen molar-refractivity contribution in [1.82, 2.24) is 4.57 Å². The molecular formula is C30H24BrF3N4O5. The number of hydrogen-bond acceptors (Lipinski definition) is 6. The summed E-state index contributed by atoms with van der Waals surface area (Å²) in [7, 11) is 0. The summed E-state index contributed by atoms with van der Waals surface area (Å²) >= 11 is 3.19. The van der Waals surface area contributed by atoms with Gasteiger partial charge in [-0.15, -0.1) is 13.2 Å². The van der Waals surface area contributed by atoms with Crippen LogP contribution in [-0.2, 0) is 6.54 Å². The van der Waals surface area contributed by atoms with E-state index >= 15 is 0 Å². The number of aromatic nitrogens is 1. The van der Waals surface area contributed by atoms with E-state index in [-0.39, 0.29) is 34.4 Å². The highest BCUT2D eigenvalue weighted by atomic mass is 79.9. The highest BCUT2D eigenvalue weighted by Crippen LogP contribution is 2.39. The van der Waals surface area contributed by atoms with E-state index in [0.29, 0.717) is 35.7 Å². The topological polar surface area (TPSA) is 106 Å². The molecule has 9 nitrogen and oxygen atoms in total. The van der Waals surface area contributed by atoms with Crippen LogP contribution in [0.2, 0.25) is 0 Å².